The van der Waals surface area contributed by atoms with E-state index in [4.69, 9.17) is 5.73 Å². The molecule has 0 heterocycles. The van der Waals surface area contributed by atoms with Crippen LogP contribution in [0.25, 0.3) is 0 Å². The van der Waals surface area contributed by atoms with Crippen LogP contribution in [0.1, 0.15) is 38.2 Å². The minimum absolute atomic E-state index is 0.280. The van der Waals surface area contributed by atoms with E-state index in [1.807, 2.05) is 24.3 Å². The largest absolute Gasteiger partial charge is 0.399 e. The highest BCUT2D eigenvalue weighted by atomic mass is 16.2. The first kappa shape index (κ1) is 12.9. The average Bonchev–Trinajstić information content (AvgIpc) is 3.19. The molecule has 1 aromatic carbocycles. The van der Waals surface area contributed by atoms with Crippen molar-refractivity contribution in [3.63, 3.8) is 0 Å². The van der Waals surface area contributed by atoms with Gasteiger partial charge in [-0.1, -0.05) is 25.1 Å². The molecule has 0 aliphatic heterocycles. The van der Waals surface area contributed by atoms with E-state index in [9.17, 15) is 4.79 Å². The highest BCUT2D eigenvalue weighted by Gasteiger charge is 2.31. The van der Waals surface area contributed by atoms with Crippen LogP contribution >= 0.6 is 0 Å². The van der Waals surface area contributed by atoms with Crippen molar-refractivity contribution in [2.45, 2.75) is 45.1 Å². The normalized spacial score (nSPS) is 14.5. The molecular formula is C15H22N2O. The van der Waals surface area contributed by atoms with Crippen molar-refractivity contribution < 1.29 is 4.79 Å². The summed E-state index contributed by atoms with van der Waals surface area (Å²) in [7, 11) is 0. The maximum atomic E-state index is 12.2. The van der Waals surface area contributed by atoms with Crippen molar-refractivity contribution >= 4 is 11.6 Å². The van der Waals surface area contributed by atoms with Crippen LogP contribution in [-0.2, 0) is 11.2 Å². The predicted octanol–water partition coefficient (Wildman–Crippen LogP) is 2.60. The minimum Gasteiger partial charge on any atom is -0.399 e. The van der Waals surface area contributed by atoms with Crippen molar-refractivity contribution in [3.8, 4) is 0 Å². The van der Waals surface area contributed by atoms with Crippen LogP contribution in [0.2, 0.25) is 0 Å². The summed E-state index contributed by atoms with van der Waals surface area (Å²) in [4.78, 5) is 14.2. The van der Waals surface area contributed by atoms with E-state index in [1.165, 1.54) is 12.8 Å². The average molecular weight is 246 g/mol. The lowest BCUT2D eigenvalue weighted by molar-refractivity contribution is -0.131. The van der Waals surface area contributed by atoms with E-state index in [1.54, 1.807) is 0 Å². The molecule has 1 aliphatic carbocycles. The Balaban J connectivity index is 1.89. The standard InChI is InChI=1S/C15H22N2O/c1-2-11-17(13-8-9-13)15(18)10-7-12-5-3-4-6-14(12)16/h3-6,13H,2,7-11,16H2,1H3. The van der Waals surface area contributed by atoms with Gasteiger partial charge in [0, 0.05) is 24.7 Å². The molecule has 3 heteroatoms. The number of hydrogen-bond donors (Lipinski definition) is 1. The lowest BCUT2D eigenvalue weighted by atomic mass is 10.1. The fraction of sp³-hybridized carbons (Fsp3) is 0.533. The van der Waals surface area contributed by atoms with Crippen LogP contribution in [0.3, 0.4) is 0 Å². The number of aryl methyl sites for hydroxylation is 1. The van der Waals surface area contributed by atoms with E-state index < -0.39 is 0 Å². The second kappa shape index (κ2) is 5.89. The van der Waals surface area contributed by atoms with Gasteiger partial charge in [0.1, 0.15) is 0 Å². The third-order valence-electron chi connectivity index (χ3n) is 3.44. The van der Waals surface area contributed by atoms with Crippen molar-refractivity contribution in [1.82, 2.24) is 4.90 Å². The van der Waals surface area contributed by atoms with Gasteiger partial charge >= 0.3 is 0 Å². The van der Waals surface area contributed by atoms with Crippen LogP contribution in [-0.4, -0.2) is 23.4 Å². The van der Waals surface area contributed by atoms with E-state index in [0.29, 0.717) is 12.5 Å². The second-order valence-electron chi connectivity index (χ2n) is 5.02. The molecule has 0 bridgehead atoms. The topological polar surface area (TPSA) is 46.3 Å². The number of benzene rings is 1. The van der Waals surface area contributed by atoms with Crippen molar-refractivity contribution in [3.05, 3.63) is 29.8 Å². The maximum absolute atomic E-state index is 12.2. The number of carbonyl (C=O) groups is 1. The summed E-state index contributed by atoms with van der Waals surface area (Å²) in [6.07, 6.45) is 4.72. The van der Waals surface area contributed by atoms with Crippen LogP contribution in [0.5, 0.6) is 0 Å². The molecule has 1 aliphatic rings. The molecule has 1 aromatic rings. The zero-order chi connectivity index (χ0) is 13.0. The van der Waals surface area contributed by atoms with Gasteiger partial charge in [-0.25, -0.2) is 0 Å². The Kier molecular flexibility index (Phi) is 4.24. The molecule has 0 unspecified atom stereocenters. The Bertz CT molecular complexity index is 413. The number of amides is 1. The third kappa shape index (κ3) is 3.25. The molecule has 2 rings (SSSR count). The lowest BCUT2D eigenvalue weighted by Gasteiger charge is -2.21. The molecule has 2 N–H and O–H groups in total. The number of hydrogen-bond acceptors (Lipinski definition) is 2. The summed E-state index contributed by atoms with van der Waals surface area (Å²) < 4.78 is 0. The van der Waals surface area contributed by atoms with Gasteiger partial charge in [0.05, 0.1) is 0 Å². The molecule has 0 aromatic heterocycles. The molecule has 0 spiro atoms. The number of carbonyl (C=O) groups excluding carboxylic acids is 1. The third-order valence-corrected chi connectivity index (χ3v) is 3.44. The summed E-state index contributed by atoms with van der Waals surface area (Å²) in [5.41, 5.74) is 7.76. The Morgan fingerprint density at radius 2 is 2.11 bits per heavy atom. The monoisotopic (exact) mass is 246 g/mol. The van der Waals surface area contributed by atoms with Crippen LogP contribution in [0, 0.1) is 0 Å². The van der Waals surface area contributed by atoms with Crippen molar-refractivity contribution in [2.24, 2.45) is 0 Å². The van der Waals surface area contributed by atoms with E-state index in [0.717, 1.165) is 30.6 Å². The molecule has 0 saturated heterocycles. The van der Waals surface area contributed by atoms with Gasteiger partial charge in [-0.05, 0) is 37.3 Å². The predicted molar refractivity (Wildman–Crippen MR) is 74.2 cm³/mol. The van der Waals surface area contributed by atoms with Gasteiger partial charge < -0.3 is 10.6 Å². The molecule has 18 heavy (non-hydrogen) atoms. The molecule has 0 atom stereocenters. The smallest absolute Gasteiger partial charge is 0.223 e. The zero-order valence-electron chi connectivity index (χ0n) is 11.1. The van der Waals surface area contributed by atoms with Crippen LogP contribution in [0.4, 0.5) is 5.69 Å². The number of nitrogens with two attached hydrogens (primary N) is 1. The van der Waals surface area contributed by atoms with E-state index >= 15 is 0 Å². The zero-order valence-corrected chi connectivity index (χ0v) is 11.1. The molecule has 0 radical (unpaired) electrons. The van der Waals surface area contributed by atoms with Gasteiger partial charge in [-0.2, -0.15) is 0 Å². The van der Waals surface area contributed by atoms with Gasteiger partial charge in [0.25, 0.3) is 0 Å². The maximum Gasteiger partial charge on any atom is 0.223 e. The summed E-state index contributed by atoms with van der Waals surface area (Å²) in [5, 5.41) is 0. The first-order chi connectivity index (χ1) is 8.72. The fourth-order valence-electron chi connectivity index (χ4n) is 2.29. The van der Waals surface area contributed by atoms with Crippen LogP contribution < -0.4 is 5.73 Å². The van der Waals surface area contributed by atoms with E-state index in [2.05, 4.69) is 11.8 Å². The first-order valence-corrected chi connectivity index (χ1v) is 6.85. The molecule has 3 nitrogen and oxygen atoms in total. The van der Waals surface area contributed by atoms with Crippen LogP contribution in [0.15, 0.2) is 24.3 Å². The van der Waals surface area contributed by atoms with Gasteiger partial charge in [0.15, 0.2) is 0 Å². The number of para-hydroxylation sites is 1. The molecule has 1 amide bonds. The van der Waals surface area contributed by atoms with Gasteiger partial charge in [-0.15, -0.1) is 0 Å². The number of nitrogens with zero attached hydrogens (tertiary/aromatic N) is 1. The number of nitrogen functional groups attached to an aromatic ring is 1. The Morgan fingerprint density at radius 1 is 1.39 bits per heavy atom. The highest BCUT2D eigenvalue weighted by Crippen LogP contribution is 2.27. The molecule has 98 valence electrons. The number of anilines is 1. The van der Waals surface area contributed by atoms with Gasteiger partial charge in [-0.3, -0.25) is 4.79 Å². The highest BCUT2D eigenvalue weighted by molar-refractivity contribution is 5.77. The summed E-state index contributed by atoms with van der Waals surface area (Å²) >= 11 is 0. The second-order valence-corrected chi connectivity index (χ2v) is 5.02. The van der Waals surface area contributed by atoms with Gasteiger partial charge in [0.2, 0.25) is 5.91 Å². The molecule has 1 saturated carbocycles. The Hall–Kier alpha value is -1.51. The number of rotatable bonds is 6. The SMILES string of the molecule is CCCN(C(=O)CCc1ccccc1N)C1CC1. The summed E-state index contributed by atoms with van der Waals surface area (Å²) in [6.45, 7) is 3.02. The first-order valence-electron chi connectivity index (χ1n) is 6.85. The van der Waals surface area contributed by atoms with Crippen molar-refractivity contribution in [2.75, 3.05) is 12.3 Å². The minimum atomic E-state index is 0.280. The van der Waals surface area contributed by atoms with E-state index in [-0.39, 0.29) is 5.91 Å². The molecule has 1 fully saturated rings. The molecular weight excluding hydrogens is 224 g/mol. The lowest BCUT2D eigenvalue weighted by Crippen LogP contribution is -2.33. The fourth-order valence-corrected chi connectivity index (χ4v) is 2.29. The summed E-state index contributed by atoms with van der Waals surface area (Å²) in [6, 6.07) is 8.31. The Morgan fingerprint density at radius 3 is 2.72 bits per heavy atom. The quantitative estimate of drug-likeness (QED) is 0.784. The Labute approximate surface area is 109 Å². The summed E-state index contributed by atoms with van der Waals surface area (Å²) in [5.74, 6) is 0.280. The van der Waals surface area contributed by atoms with Crippen molar-refractivity contribution in [1.29, 1.82) is 0 Å².